The quantitative estimate of drug-likeness (QED) is 0.713. The van der Waals surface area contributed by atoms with Crippen LogP contribution in [0.25, 0.3) is 10.8 Å². The first-order valence-electron chi connectivity index (χ1n) is 8.54. The molecule has 4 rings (SSSR count). The van der Waals surface area contributed by atoms with Crippen molar-refractivity contribution in [2.45, 2.75) is 6.42 Å². The Kier molecular flexibility index (Phi) is 4.53. The zero-order valence-corrected chi connectivity index (χ0v) is 15.9. The van der Waals surface area contributed by atoms with Crippen molar-refractivity contribution in [1.82, 2.24) is 0 Å². The molecule has 1 N–H and O–H groups in total. The second-order valence-corrected chi connectivity index (χ2v) is 8.84. The van der Waals surface area contributed by atoms with Gasteiger partial charge in [-0.25, -0.2) is 8.42 Å². The molecule has 7 heteroatoms. The summed E-state index contributed by atoms with van der Waals surface area (Å²) >= 11 is 6.20. The summed E-state index contributed by atoms with van der Waals surface area (Å²) in [6, 6.07) is 18.2. The zero-order valence-electron chi connectivity index (χ0n) is 14.4. The number of hydrogen-bond donors (Lipinski definition) is 1. The number of nitrogens with one attached hydrogen (secondary N) is 1. The number of anilines is 2. The summed E-state index contributed by atoms with van der Waals surface area (Å²) in [4.78, 5) is 12.7. The van der Waals surface area contributed by atoms with Crippen molar-refractivity contribution in [3.63, 3.8) is 0 Å². The maximum Gasteiger partial charge on any atom is 0.257 e. The van der Waals surface area contributed by atoms with Crippen LogP contribution in [0.15, 0.2) is 60.7 Å². The van der Waals surface area contributed by atoms with Gasteiger partial charge in [0.25, 0.3) is 5.91 Å². The smallest absolute Gasteiger partial charge is 0.257 e. The fraction of sp³-hybridized carbons (Fsp3) is 0.150. The van der Waals surface area contributed by atoms with E-state index in [0.29, 0.717) is 24.3 Å². The van der Waals surface area contributed by atoms with Gasteiger partial charge < -0.3 is 5.32 Å². The Hall–Kier alpha value is -2.57. The molecule has 0 spiro atoms. The van der Waals surface area contributed by atoms with E-state index in [2.05, 4.69) is 5.32 Å². The summed E-state index contributed by atoms with van der Waals surface area (Å²) in [5, 5.41) is 5.20. The molecule has 0 saturated carbocycles. The fourth-order valence-corrected chi connectivity index (χ4v) is 5.00. The SMILES string of the molecule is O=C(Nc1ccc2ccccc2c1)c1cc(N2CCCS2(=O)=O)ccc1Cl. The number of rotatable bonds is 3. The van der Waals surface area contributed by atoms with E-state index in [-0.39, 0.29) is 22.2 Å². The lowest BCUT2D eigenvalue weighted by atomic mass is 10.1. The van der Waals surface area contributed by atoms with Crippen LogP contribution in [0.2, 0.25) is 5.02 Å². The number of hydrogen-bond acceptors (Lipinski definition) is 3. The molecule has 1 amide bonds. The van der Waals surface area contributed by atoms with Crippen LogP contribution in [0.3, 0.4) is 0 Å². The third kappa shape index (κ3) is 3.50. The zero-order chi connectivity index (χ0) is 19.0. The minimum Gasteiger partial charge on any atom is -0.322 e. The highest BCUT2D eigenvalue weighted by molar-refractivity contribution is 7.93. The summed E-state index contributed by atoms with van der Waals surface area (Å²) in [5.74, 6) is -0.262. The highest BCUT2D eigenvalue weighted by Crippen LogP contribution is 2.29. The van der Waals surface area contributed by atoms with Gasteiger partial charge in [0.15, 0.2) is 0 Å². The first kappa shape index (κ1) is 17.8. The van der Waals surface area contributed by atoms with E-state index < -0.39 is 10.0 Å². The van der Waals surface area contributed by atoms with Crippen LogP contribution in [-0.2, 0) is 10.0 Å². The topological polar surface area (TPSA) is 66.5 Å². The van der Waals surface area contributed by atoms with Crippen LogP contribution in [0, 0.1) is 0 Å². The maximum absolute atomic E-state index is 12.7. The van der Waals surface area contributed by atoms with Crippen molar-refractivity contribution in [1.29, 1.82) is 0 Å². The molecule has 0 aromatic heterocycles. The van der Waals surface area contributed by atoms with E-state index in [1.54, 1.807) is 12.1 Å². The molecular weight excluding hydrogens is 384 g/mol. The van der Waals surface area contributed by atoms with E-state index in [9.17, 15) is 13.2 Å². The van der Waals surface area contributed by atoms with Gasteiger partial charge in [-0.2, -0.15) is 0 Å². The van der Waals surface area contributed by atoms with Crippen molar-refractivity contribution < 1.29 is 13.2 Å². The van der Waals surface area contributed by atoms with Gasteiger partial charge in [0.2, 0.25) is 10.0 Å². The molecule has 1 fully saturated rings. The summed E-state index contributed by atoms with van der Waals surface area (Å²) in [7, 11) is -3.32. The summed E-state index contributed by atoms with van der Waals surface area (Å²) in [6.07, 6.45) is 0.573. The number of carbonyl (C=O) groups excluding carboxylic acids is 1. The van der Waals surface area contributed by atoms with Crippen molar-refractivity contribution >= 4 is 49.7 Å². The lowest BCUT2D eigenvalue weighted by Gasteiger charge is -2.18. The van der Waals surface area contributed by atoms with Crippen LogP contribution in [0.5, 0.6) is 0 Å². The minimum atomic E-state index is -3.32. The lowest BCUT2D eigenvalue weighted by Crippen LogP contribution is -2.25. The largest absolute Gasteiger partial charge is 0.322 e. The van der Waals surface area contributed by atoms with Crippen LogP contribution in [-0.4, -0.2) is 26.6 Å². The van der Waals surface area contributed by atoms with Gasteiger partial charge in [0.1, 0.15) is 0 Å². The molecule has 0 unspecified atom stereocenters. The molecule has 3 aromatic rings. The number of nitrogens with zero attached hydrogens (tertiary/aromatic N) is 1. The Balaban J connectivity index is 1.63. The first-order valence-corrected chi connectivity index (χ1v) is 10.5. The van der Waals surface area contributed by atoms with Crippen LogP contribution in [0.1, 0.15) is 16.8 Å². The van der Waals surface area contributed by atoms with Gasteiger partial charge in [0, 0.05) is 12.2 Å². The van der Waals surface area contributed by atoms with Crippen molar-refractivity contribution in [2.75, 3.05) is 21.9 Å². The van der Waals surface area contributed by atoms with Crippen LogP contribution < -0.4 is 9.62 Å². The number of benzene rings is 3. The number of amides is 1. The van der Waals surface area contributed by atoms with E-state index in [4.69, 9.17) is 11.6 Å². The number of carbonyl (C=O) groups is 1. The van der Waals surface area contributed by atoms with E-state index in [1.165, 1.54) is 10.4 Å². The molecule has 138 valence electrons. The molecule has 1 aliphatic heterocycles. The number of sulfonamides is 1. The maximum atomic E-state index is 12.7. The molecule has 5 nitrogen and oxygen atoms in total. The average molecular weight is 401 g/mol. The van der Waals surface area contributed by atoms with Crippen molar-refractivity contribution in [3.8, 4) is 0 Å². The predicted molar refractivity (Wildman–Crippen MR) is 109 cm³/mol. The predicted octanol–water partition coefficient (Wildman–Crippen LogP) is 4.29. The van der Waals surface area contributed by atoms with Gasteiger partial charge in [-0.05, 0) is 47.5 Å². The third-order valence-corrected chi connectivity index (χ3v) is 6.79. The Morgan fingerprint density at radius 3 is 2.52 bits per heavy atom. The molecule has 3 aromatic carbocycles. The van der Waals surface area contributed by atoms with Gasteiger partial charge in [0.05, 0.1) is 22.0 Å². The molecule has 1 aliphatic rings. The normalized spacial score (nSPS) is 15.8. The first-order chi connectivity index (χ1) is 12.9. The second-order valence-electron chi connectivity index (χ2n) is 6.42. The standard InChI is InChI=1S/C20H17ClN2O3S/c21-19-9-8-17(23-10-3-11-27(23,25)26)13-18(19)20(24)22-16-7-6-14-4-1-2-5-15(14)12-16/h1-2,4-9,12-13H,3,10-11H2,(H,22,24). The summed E-state index contributed by atoms with van der Waals surface area (Å²) in [6.45, 7) is 0.412. The molecule has 0 atom stereocenters. The van der Waals surface area contributed by atoms with Crippen LogP contribution in [0.4, 0.5) is 11.4 Å². The molecule has 0 radical (unpaired) electrons. The highest BCUT2D eigenvalue weighted by Gasteiger charge is 2.29. The Morgan fingerprint density at radius 2 is 1.78 bits per heavy atom. The molecule has 27 heavy (non-hydrogen) atoms. The lowest BCUT2D eigenvalue weighted by molar-refractivity contribution is 0.102. The van der Waals surface area contributed by atoms with E-state index in [1.807, 2.05) is 42.5 Å². The van der Waals surface area contributed by atoms with E-state index in [0.717, 1.165) is 10.8 Å². The molecule has 0 aliphatic carbocycles. The van der Waals surface area contributed by atoms with Crippen molar-refractivity contribution in [3.05, 3.63) is 71.2 Å². The average Bonchev–Trinajstić information content (AvgIpc) is 3.01. The Bertz CT molecular complexity index is 1140. The van der Waals surface area contributed by atoms with Gasteiger partial charge in [-0.3, -0.25) is 9.10 Å². The molecular formula is C20H17ClN2O3S. The van der Waals surface area contributed by atoms with Gasteiger partial charge in [-0.1, -0.05) is 41.9 Å². The molecule has 1 saturated heterocycles. The molecule has 1 heterocycles. The van der Waals surface area contributed by atoms with E-state index >= 15 is 0 Å². The van der Waals surface area contributed by atoms with Crippen LogP contribution >= 0.6 is 11.6 Å². The Labute approximate surface area is 162 Å². The highest BCUT2D eigenvalue weighted by atomic mass is 35.5. The van der Waals surface area contributed by atoms with Gasteiger partial charge in [-0.15, -0.1) is 0 Å². The second kappa shape index (κ2) is 6.87. The summed E-state index contributed by atoms with van der Waals surface area (Å²) < 4.78 is 25.6. The number of fused-ring (bicyclic) bond motifs is 1. The monoisotopic (exact) mass is 400 g/mol. The number of halogens is 1. The summed E-state index contributed by atoms with van der Waals surface area (Å²) in [5.41, 5.74) is 1.35. The van der Waals surface area contributed by atoms with Gasteiger partial charge >= 0.3 is 0 Å². The third-order valence-electron chi connectivity index (χ3n) is 4.59. The van der Waals surface area contributed by atoms with Crippen molar-refractivity contribution in [2.24, 2.45) is 0 Å². The molecule has 0 bridgehead atoms. The minimum absolute atomic E-state index is 0.119. The fourth-order valence-electron chi connectivity index (χ4n) is 3.24. The Morgan fingerprint density at radius 1 is 1.00 bits per heavy atom.